The Labute approximate surface area is 132 Å². The lowest BCUT2D eigenvalue weighted by molar-refractivity contribution is -0.120. The molecule has 0 spiro atoms. The third-order valence-electron chi connectivity index (χ3n) is 2.67. The second kappa shape index (κ2) is 6.86. The van der Waals surface area contributed by atoms with Gasteiger partial charge in [-0.2, -0.15) is 0 Å². The molecule has 1 heterocycles. The monoisotopic (exact) mass is 341 g/mol. The van der Waals surface area contributed by atoms with Gasteiger partial charge in [-0.15, -0.1) is 16.2 Å². The Morgan fingerprint density at radius 1 is 1.32 bits per heavy atom. The summed E-state index contributed by atoms with van der Waals surface area (Å²) in [6, 6.07) is 5.82. The molecule has 2 N–H and O–H groups in total. The van der Waals surface area contributed by atoms with Crippen molar-refractivity contribution < 1.29 is 17.9 Å². The minimum Gasteiger partial charge on any atom is -0.497 e. The number of nitrogens with zero attached hydrogens (tertiary/aromatic N) is 1. The lowest BCUT2D eigenvalue weighted by atomic mass is 10.3. The number of carbonyl (C=O) groups excluding carboxylic acids is 1. The molecule has 0 fully saturated rings. The zero-order valence-electron chi connectivity index (χ0n) is 12.0. The summed E-state index contributed by atoms with van der Waals surface area (Å²) < 4.78 is 29.0. The lowest BCUT2D eigenvalue weighted by Gasteiger charge is -2.08. The van der Waals surface area contributed by atoms with Gasteiger partial charge in [-0.05, 0) is 31.2 Å². The summed E-state index contributed by atoms with van der Waals surface area (Å²) in [4.78, 5) is 17.9. The van der Waals surface area contributed by atoms with Gasteiger partial charge in [0.05, 0.1) is 18.4 Å². The van der Waals surface area contributed by atoms with Crippen molar-refractivity contribution in [2.24, 2.45) is 0 Å². The zero-order valence-corrected chi connectivity index (χ0v) is 13.6. The fraction of sp³-hybridized carbons (Fsp3) is 0.231. The summed E-state index contributed by atoms with van der Waals surface area (Å²) in [5, 5.41) is 2.45. The van der Waals surface area contributed by atoms with Crippen LogP contribution in [0.15, 0.2) is 34.5 Å². The van der Waals surface area contributed by atoms with Crippen molar-refractivity contribution in [3.8, 4) is 5.75 Å². The molecule has 0 aliphatic heterocycles. The number of hydrogen-bond donors (Lipinski definition) is 2. The van der Waals surface area contributed by atoms with Crippen molar-refractivity contribution in [1.82, 2.24) is 15.2 Å². The first-order chi connectivity index (χ1) is 10.4. The molecule has 7 nitrogen and oxygen atoms in total. The summed E-state index contributed by atoms with van der Waals surface area (Å²) in [6.45, 7) is 1.82. The molecule has 0 atom stereocenters. The van der Waals surface area contributed by atoms with Crippen LogP contribution in [0.4, 0.5) is 0 Å². The Morgan fingerprint density at radius 2 is 2.00 bits per heavy atom. The maximum absolute atomic E-state index is 12.0. The molecule has 0 bridgehead atoms. The fourth-order valence-corrected chi connectivity index (χ4v) is 3.23. The number of benzene rings is 1. The molecule has 0 aliphatic carbocycles. The van der Waals surface area contributed by atoms with Gasteiger partial charge in [0.25, 0.3) is 10.0 Å². The van der Waals surface area contributed by atoms with Crippen LogP contribution in [0.25, 0.3) is 0 Å². The first-order valence-corrected chi connectivity index (χ1v) is 8.63. The number of nitrogens with one attached hydrogen (secondary N) is 2. The van der Waals surface area contributed by atoms with Crippen LogP contribution in [0.5, 0.6) is 5.75 Å². The largest absolute Gasteiger partial charge is 0.497 e. The molecular weight excluding hydrogens is 326 g/mol. The molecule has 0 radical (unpaired) electrons. The maximum atomic E-state index is 12.0. The van der Waals surface area contributed by atoms with E-state index in [1.807, 2.05) is 17.1 Å². The molecule has 0 saturated carbocycles. The Morgan fingerprint density at radius 3 is 2.55 bits per heavy atom. The molecule has 1 aromatic heterocycles. The minimum atomic E-state index is -3.82. The predicted octanol–water partition coefficient (Wildman–Crippen LogP) is 1.01. The predicted molar refractivity (Wildman–Crippen MR) is 82.0 cm³/mol. The van der Waals surface area contributed by atoms with E-state index in [4.69, 9.17) is 4.74 Å². The van der Waals surface area contributed by atoms with E-state index < -0.39 is 15.9 Å². The highest BCUT2D eigenvalue weighted by molar-refractivity contribution is 7.89. The molecule has 0 unspecified atom stereocenters. The van der Waals surface area contributed by atoms with E-state index in [-0.39, 0.29) is 11.3 Å². The number of sulfonamides is 1. The summed E-state index contributed by atoms with van der Waals surface area (Å²) in [7, 11) is -2.33. The molecule has 2 rings (SSSR count). The van der Waals surface area contributed by atoms with Crippen molar-refractivity contribution in [2.45, 2.75) is 18.2 Å². The first-order valence-electron chi connectivity index (χ1n) is 6.26. The van der Waals surface area contributed by atoms with Crippen molar-refractivity contribution >= 4 is 27.3 Å². The molecule has 1 amide bonds. The van der Waals surface area contributed by atoms with E-state index in [1.54, 1.807) is 0 Å². The van der Waals surface area contributed by atoms with E-state index in [1.165, 1.54) is 42.7 Å². The van der Waals surface area contributed by atoms with Gasteiger partial charge in [0.15, 0.2) is 0 Å². The highest BCUT2D eigenvalue weighted by atomic mass is 32.2. The van der Waals surface area contributed by atoms with Crippen LogP contribution >= 0.6 is 11.3 Å². The molecule has 0 saturated heterocycles. The smallest absolute Gasteiger partial charge is 0.257 e. The number of aryl methyl sites for hydroxylation is 1. The van der Waals surface area contributed by atoms with Crippen LogP contribution < -0.4 is 15.0 Å². The molecule has 9 heteroatoms. The van der Waals surface area contributed by atoms with Gasteiger partial charge in [0.2, 0.25) is 5.91 Å². The third kappa shape index (κ3) is 4.26. The number of carbonyl (C=O) groups is 1. The molecule has 0 aliphatic rings. The zero-order chi connectivity index (χ0) is 16.2. The fourth-order valence-electron chi connectivity index (χ4n) is 1.60. The summed E-state index contributed by atoms with van der Waals surface area (Å²) in [6.07, 6.45) is 0.0175. The minimum absolute atomic E-state index is 0.0175. The number of ether oxygens (including phenoxy) is 1. The van der Waals surface area contributed by atoms with Crippen LogP contribution in [0.2, 0.25) is 0 Å². The summed E-state index contributed by atoms with van der Waals surface area (Å²) in [5.74, 6) is 0.0635. The molecule has 22 heavy (non-hydrogen) atoms. The van der Waals surface area contributed by atoms with E-state index in [9.17, 15) is 13.2 Å². The summed E-state index contributed by atoms with van der Waals surface area (Å²) in [5.41, 5.74) is 2.99. The van der Waals surface area contributed by atoms with Crippen LogP contribution in [0, 0.1) is 6.92 Å². The molecule has 1 aromatic carbocycles. The van der Waals surface area contributed by atoms with E-state index in [2.05, 4.69) is 10.4 Å². The highest BCUT2D eigenvalue weighted by Gasteiger charge is 2.15. The number of methoxy groups -OCH3 is 1. The van der Waals surface area contributed by atoms with Crippen molar-refractivity contribution in [2.75, 3.05) is 7.11 Å². The van der Waals surface area contributed by atoms with Gasteiger partial charge < -0.3 is 4.74 Å². The number of rotatable bonds is 6. The standard InChI is InChI=1S/C13H15N3O4S2/c1-9-8-21-13(14-9)7-12(17)15-16-22(18,19)11-5-3-10(20-2)4-6-11/h3-6,8,16H,7H2,1-2H3,(H,15,17). The molecule has 2 aromatic rings. The Hall–Kier alpha value is -1.97. The first kappa shape index (κ1) is 16.4. The Kier molecular flexibility index (Phi) is 5.11. The van der Waals surface area contributed by atoms with Gasteiger partial charge in [-0.25, -0.2) is 13.4 Å². The van der Waals surface area contributed by atoms with Gasteiger partial charge in [0.1, 0.15) is 10.8 Å². The van der Waals surface area contributed by atoms with Crippen LogP contribution in [0.1, 0.15) is 10.7 Å². The number of amides is 1. The maximum Gasteiger partial charge on any atom is 0.257 e. The van der Waals surface area contributed by atoms with Crippen LogP contribution in [-0.4, -0.2) is 26.4 Å². The highest BCUT2D eigenvalue weighted by Crippen LogP contribution is 2.15. The molecule has 118 valence electrons. The number of thiazole rings is 1. The Balaban J connectivity index is 1.95. The van der Waals surface area contributed by atoms with Crippen LogP contribution in [0.3, 0.4) is 0 Å². The third-order valence-corrected chi connectivity index (χ3v) is 4.90. The second-order valence-corrected chi connectivity index (χ2v) is 7.01. The van der Waals surface area contributed by atoms with Crippen LogP contribution in [-0.2, 0) is 21.2 Å². The Bertz CT molecular complexity index is 754. The van der Waals surface area contributed by atoms with E-state index in [0.29, 0.717) is 10.8 Å². The van der Waals surface area contributed by atoms with Crippen molar-refractivity contribution in [3.63, 3.8) is 0 Å². The average molecular weight is 341 g/mol. The van der Waals surface area contributed by atoms with Crippen molar-refractivity contribution in [1.29, 1.82) is 0 Å². The van der Waals surface area contributed by atoms with Gasteiger partial charge in [-0.3, -0.25) is 10.2 Å². The number of aromatic nitrogens is 1. The van der Waals surface area contributed by atoms with E-state index in [0.717, 1.165) is 5.69 Å². The average Bonchev–Trinajstić information content (AvgIpc) is 2.90. The van der Waals surface area contributed by atoms with Gasteiger partial charge in [-0.1, -0.05) is 0 Å². The molecular formula is C13H15N3O4S2. The number of hydrogen-bond acceptors (Lipinski definition) is 6. The van der Waals surface area contributed by atoms with Gasteiger partial charge in [0, 0.05) is 11.1 Å². The van der Waals surface area contributed by atoms with E-state index >= 15 is 0 Å². The topological polar surface area (TPSA) is 97.4 Å². The summed E-state index contributed by atoms with van der Waals surface area (Å²) >= 11 is 1.35. The van der Waals surface area contributed by atoms with Gasteiger partial charge >= 0.3 is 0 Å². The quantitative estimate of drug-likeness (QED) is 0.764. The SMILES string of the molecule is COc1ccc(S(=O)(=O)NNC(=O)Cc2nc(C)cs2)cc1. The number of hydrazine groups is 1. The second-order valence-electron chi connectivity index (χ2n) is 4.39. The van der Waals surface area contributed by atoms with Crippen molar-refractivity contribution in [3.05, 3.63) is 40.3 Å². The normalized spacial score (nSPS) is 11.2. The lowest BCUT2D eigenvalue weighted by Crippen LogP contribution is -2.42.